The Balaban J connectivity index is 2.22. The topological polar surface area (TPSA) is 42.2 Å². The molecule has 1 unspecified atom stereocenters. The van der Waals surface area contributed by atoms with Crippen molar-refractivity contribution in [3.63, 3.8) is 0 Å². The van der Waals surface area contributed by atoms with Crippen molar-refractivity contribution in [2.24, 2.45) is 0 Å². The van der Waals surface area contributed by atoms with E-state index < -0.39 is 0 Å². The number of hydrogen-bond acceptors (Lipinski definition) is 2. The lowest BCUT2D eigenvalue weighted by Crippen LogP contribution is -2.10. The van der Waals surface area contributed by atoms with E-state index in [0.29, 0.717) is 12.0 Å². The van der Waals surface area contributed by atoms with Gasteiger partial charge in [0.05, 0.1) is 5.56 Å². The monoisotopic (exact) mass is 307 g/mol. The van der Waals surface area contributed by atoms with Crippen molar-refractivity contribution in [1.82, 2.24) is 4.57 Å². The first-order valence-corrected chi connectivity index (χ1v) is 7.95. The second-order valence-corrected chi connectivity index (χ2v) is 5.90. The molecule has 0 aliphatic rings. The van der Waals surface area contributed by atoms with Gasteiger partial charge in [-0.25, -0.2) is 0 Å². The lowest BCUT2D eigenvalue weighted by atomic mass is 10.0. The number of fused-ring (bicyclic) bond motifs is 1. The zero-order valence-electron chi connectivity index (χ0n) is 13.5. The van der Waals surface area contributed by atoms with Crippen molar-refractivity contribution in [2.45, 2.75) is 26.3 Å². The summed E-state index contributed by atoms with van der Waals surface area (Å²) >= 11 is 0. The summed E-state index contributed by atoms with van der Waals surface area (Å²) in [5.74, 6) is 0.0502. The Labute approximate surface area is 136 Å². The molecule has 1 atom stereocenters. The van der Waals surface area contributed by atoms with Gasteiger partial charge in [0, 0.05) is 34.8 Å². The Morgan fingerprint density at radius 2 is 1.74 bits per heavy atom. The van der Waals surface area contributed by atoms with Crippen LogP contribution in [-0.2, 0) is 0 Å². The van der Waals surface area contributed by atoms with Gasteiger partial charge in [-0.2, -0.15) is 0 Å². The number of ketones is 1. The molecule has 3 heteroatoms. The van der Waals surface area contributed by atoms with Crippen LogP contribution in [0.3, 0.4) is 0 Å². The molecule has 0 saturated carbocycles. The minimum absolute atomic E-state index is 0.0502. The number of carbonyl (C=O) groups is 1. The molecule has 0 radical (unpaired) electrons. The van der Waals surface area contributed by atoms with Crippen LogP contribution in [0.5, 0.6) is 0 Å². The normalized spacial score (nSPS) is 12.5. The van der Waals surface area contributed by atoms with Crippen molar-refractivity contribution in [2.75, 3.05) is 6.61 Å². The van der Waals surface area contributed by atoms with Gasteiger partial charge in [-0.3, -0.25) is 4.79 Å². The van der Waals surface area contributed by atoms with Crippen molar-refractivity contribution in [1.29, 1.82) is 0 Å². The molecule has 0 fully saturated rings. The molecule has 1 aromatic heterocycles. The van der Waals surface area contributed by atoms with E-state index >= 15 is 0 Å². The number of aliphatic hydroxyl groups excluding tert-OH is 1. The van der Waals surface area contributed by atoms with Gasteiger partial charge in [0.1, 0.15) is 0 Å². The van der Waals surface area contributed by atoms with Gasteiger partial charge < -0.3 is 9.67 Å². The number of aliphatic hydroxyl groups is 1. The SMILES string of the molecule is Cc1c(C(=O)c2ccccc2)c2ccccc2n1C(C)CCO. The standard InChI is InChI=1S/C20H21NO2/c1-14(12-13-22)21-15(2)19(17-10-6-7-11-18(17)21)20(23)16-8-4-3-5-9-16/h3-11,14,22H,12-13H2,1-2H3. The van der Waals surface area contributed by atoms with Crippen LogP contribution >= 0.6 is 0 Å². The highest BCUT2D eigenvalue weighted by Gasteiger charge is 2.22. The molecule has 23 heavy (non-hydrogen) atoms. The Morgan fingerprint density at radius 1 is 1.09 bits per heavy atom. The maximum Gasteiger partial charge on any atom is 0.195 e. The number of nitrogens with zero attached hydrogens (tertiary/aromatic N) is 1. The van der Waals surface area contributed by atoms with Gasteiger partial charge in [-0.15, -0.1) is 0 Å². The van der Waals surface area contributed by atoms with Crippen LogP contribution in [0.15, 0.2) is 54.6 Å². The van der Waals surface area contributed by atoms with Crippen LogP contribution in [-0.4, -0.2) is 22.1 Å². The third-order valence-corrected chi connectivity index (χ3v) is 4.41. The molecular weight excluding hydrogens is 286 g/mol. The van der Waals surface area contributed by atoms with E-state index in [2.05, 4.69) is 11.5 Å². The number of hydrogen-bond donors (Lipinski definition) is 1. The third-order valence-electron chi connectivity index (χ3n) is 4.41. The van der Waals surface area contributed by atoms with E-state index in [-0.39, 0.29) is 18.4 Å². The lowest BCUT2D eigenvalue weighted by molar-refractivity contribution is 0.103. The third kappa shape index (κ3) is 2.68. The van der Waals surface area contributed by atoms with Crippen molar-refractivity contribution in [3.8, 4) is 0 Å². The lowest BCUT2D eigenvalue weighted by Gasteiger charge is -2.16. The minimum Gasteiger partial charge on any atom is -0.396 e. The van der Waals surface area contributed by atoms with Crippen LogP contribution in [0.1, 0.15) is 41.0 Å². The van der Waals surface area contributed by atoms with Gasteiger partial charge in [0.25, 0.3) is 0 Å². The van der Waals surface area contributed by atoms with Crippen molar-refractivity contribution < 1.29 is 9.90 Å². The average Bonchev–Trinajstić information content (AvgIpc) is 2.87. The molecule has 0 amide bonds. The predicted octanol–water partition coefficient (Wildman–Crippen LogP) is 4.12. The number of rotatable bonds is 5. The zero-order valence-corrected chi connectivity index (χ0v) is 13.5. The summed E-state index contributed by atoms with van der Waals surface area (Å²) < 4.78 is 2.17. The molecule has 0 bridgehead atoms. The van der Waals surface area contributed by atoms with Gasteiger partial charge in [-0.1, -0.05) is 48.5 Å². The summed E-state index contributed by atoms with van der Waals surface area (Å²) in [5, 5.41) is 10.3. The molecule has 0 spiro atoms. The second-order valence-electron chi connectivity index (χ2n) is 5.90. The zero-order chi connectivity index (χ0) is 16.4. The first kappa shape index (κ1) is 15.5. The fourth-order valence-electron chi connectivity index (χ4n) is 3.30. The summed E-state index contributed by atoms with van der Waals surface area (Å²) in [7, 11) is 0. The summed E-state index contributed by atoms with van der Waals surface area (Å²) in [4.78, 5) is 13.0. The Bertz CT molecular complexity index is 833. The molecule has 3 nitrogen and oxygen atoms in total. The Hall–Kier alpha value is -2.39. The molecule has 0 saturated heterocycles. The van der Waals surface area contributed by atoms with Gasteiger partial charge in [0.2, 0.25) is 0 Å². The average molecular weight is 307 g/mol. The van der Waals surface area contributed by atoms with Crippen molar-refractivity contribution >= 4 is 16.7 Å². The van der Waals surface area contributed by atoms with Gasteiger partial charge in [0.15, 0.2) is 5.78 Å². The first-order chi connectivity index (χ1) is 11.1. The number of carbonyl (C=O) groups excluding carboxylic acids is 1. The Morgan fingerprint density at radius 3 is 2.43 bits per heavy atom. The smallest absolute Gasteiger partial charge is 0.195 e. The largest absolute Gasteiger partial charge is 0.396 e. The van der Waals surface area contributed by atoms with E-state index in [1.165, 1.54) is 0 Å². The molecule has 2 aromatic carbocycles. The number of para-hydroxylation sites is 1. The van der Waals surface area contributed by atoms with E-state index in [1.807, 2.05) is 61.5 Å². The summed E-state index contributed by atoms with van der Waals surface area (Å²) in [5.41, 5.74) is 3.47. The molecule has 0 aliphatic carbocycles. The fraction of sp³-hybridized carbons (Fsp3) is 0.250. The number of benzene rings is 2. The van der Waals surface area contributed by atoms with E-state index in [9.17, 15) is 9.90 Å². The van der Waals surface area contributed by atoms with Gasteiger partial charge >= 0.3 is 0 Å². The minimum atomic E-state index is 0.0502. The molecule has 1 N–H and O–H groups in total. The highest BCUT2D eigenvalue weighted by Crippen LogP contribution is 2.31. The second kappa shape index (κ2) is 6.39. The maximum atomic E-state index is 13.0. The molecule has 1 heterocycles. The maximum absolute atomic E-state index is 13.0. The fourth-order valence-corrected chi connectivity index (χ4v) is 3.30. The quantitative estimate of drug-likeness (QED) is 0.720. The first-order valence-electron chi connectivity index (χ1n) is 7.95. The van der Waals surface area contributed by atoms with Gasteiger partial charge in [-0.05, 0) is 26.3 Å². The van der Waals surface area contributed by atoms with Crippen LogP contribution in [0, 0.1) is 6.92 Å². The predicted molar refractivity (Wildman–Crippen MR) is 93.0 cm³/mol. The van der Waals surface area contributed by atoms with E-state index in [4.69, 9.17) is 0 Å². The number of aromatic nitrogens is 1. The van der Waals surface area contributed by atoms with E-state index in [0.717, 1.165) is 22.2 Å². The van der Waals surface area contributed by atoms with E-state index in [1.54, 1.807) is 0 Å². The van der Waals surface area contributed by atoms with Crippen molar-refractivity contribution in [3.05, 3.63) is 71.4 Å². The highest BCUT2D eigenvalue weighted by atomic mass is 16.3. The highest BCUT2D eigenvalue weighted by molar-refractivity contribution is 6.17. The van der Waals surface area contributed by atoms with Crippen LogP contribution in [0.2, 0.25) is 0 Å². The molecule has 0 aliphatic heterocycles. The summed E-state index contributed by atoms with van der Waals surface area (Å²) in [6.07, 6.45) is 0.665. The Kier molecular flexibility index (Phi) is 4.30. The molecule has 3 rings (SSSR count). The van der Waals surface area contributed by atoms with Crippen LogP contribution in [0.25, 0.3) is 10.9 Å². The van der Waals surface area contributed by atoms with Crippen LogP contribution < -0.4 is 0 Å². The molecule has 118 valence electrons. The molecular formula is C20H21NO2. The summed E-state index contributed by atoms with van der Waals surface area (Å²) in [6, 6.07) is 17.5. The van der Waals surface area contributed by atoms with Crippen LogP contribution in [0.4, 0.5) is 0 Å². The molecule has 3 aromatic rings. The summed E-state index contributed by atoms with van der Waals surface area (Å²) in [6.45, 7) is 4.20.